The fourth-order valence-corrected chi connectivity index (χ4v) is 7.03. The average molecular weight is 415 g/mol. The van der Waals surface area contributed by atoms with Crippen LogP contribution in [-0.4, -0.2) is 33.6 Å². The van der Waals surface area contributed by atoms with Crippen molar-refractivity contribution in [2.24, 2.45) is 29.1 Å². The Bertz CT molecular complexity index is 703. The highest BCUT2D eigenvalue weighted by atomic mass is 16.3. The van der Waals surface area contributed by atoms with Gasteiger partial charge in [-0.1, -0.05) is 38.2 Å². The van der Waals surface area contributed by atoms with E-state index in [1.165, 1.54) is 44.9 Å². The Balaban J connectivity index is 1.44. The van der Waals surface area contributed by atoms with Gasteiger partial charge in [-0.2, -0.15) is 0 Å². The topological polar surface area (TPSA) is 60.7 Å². The lowest BCUT2D eigenvalue weighted by Gasteiger charge is -2.44. The molecule has 0 saturated heterocycles. The molecule has 0 bridgehead atoms. The zero-order valence-electron chi connectivity index (χ0n) is 19.0. The van der Waals surface area contributed by atoms with Gasteiger partial charge in [-0.05, 0) is 104 Å². The summed E-state index contributed by atoms with van der Waals surface area (Å²) in [6.07, 6.45) is 15.2. The smallest absolute Gasteiger partial charge is 0.0811 e. The van der Waals surface area contributed by atoms with Crippen LogP contribution in [-0.2, 0) is 0 Å². The molecule has 4 saturated carbocycles. The van der Waals surface area contributed by atoms with E-state index in [4.69, 9.17) is 0 Å². The van der Waals surface area contributed by atoms with Gasteiger partial charge >= 0.3 is 0 Å². The molecule has 0 unspecified atom stereocenters. The Morgan fingerprint density at radius 3 is 2.63 bits per heavy atom. The lowest BCUT2D eigenvalue weighted by atomic mass is 9.60. The average Bonchev–Trinajstić information content (AvgIpc) is 3.49. The SMILES string of the molecule is C=C1/C(=C\C=C2/CCC[C@]3(C)[C@@H]([C@H](C)CC[C@H](O)C4CC4)CC[C@@H]23)C[C@@H](O)C[C@@H]1O. The third-order valence-corrected chi connectivity index (χ3v) is 9.07. The largest absolute Gasteiger partial charge is 0.393 e. The highest BCUT2D eigenvalue weighted by molar-refractivity contribution is 5.38. The maximum atomic E-state index is 10.3. The summed E-state index contributed by atoms with van der Waals surface area (Å²) in [5.74, 6) is 2.66. The first-order valence-corrected chi connectivity index (χ1v) is 12.4. The van der Waals surface area contributed by atoms with Gasteiger partial charge in [-0.25, -0.2) is 0 Å². The van der Waals surface area contributed by atoms with E-state index >= 15 is 0 Å². The van der Waals surface area contributed by atoms with Crippen molar-refractivity contribution in [1.29, 1.82) is 0 Å². The third kappa shape index (κ3) is 4.49. The Morgan fingerprint density at radius 1 is 1.13 bits per heavy atom. The summed E-state index contributed by atoms with van der Waals surface area (Å²) in [6, 6.07) is 0. The molecule has 30 heavy (non-hydrogen) atoms. The van der Waals surface area contributed by atoms with Gasteiger partial charge in [0.25, 0.3) is 0 Å². The Morgan fingerprint density at radius 2 is 1.90 bits per heavy atom. The molecule has 4 aliphatic rings. The van der Waals surface area contributed by atoms with Crippen molar-refractivity contribution in [2.75, 3.05) is 0 Å². The molecular formula is C27H42O3. The third-order valence-electron chi connectivity index (χ3n) is 9.07. The van der Waals surface area contributed by atoms with E-state index in [1.807, 2.05) is 0 Å². The van der Waals surface area contributed by atoms with Gasteiger partial charge in [0.1, 0.15) is 0 Å². The first kappa shape index (κ1) is 22.3. The summed E-state index contributed by atoms with van der Waals surface area (Å²) in [7, 11) is 0. The van der Waals surface area contributed by atoms with Crippen LogP contribution in [0.15, 0.2) is 35.5 Å². The van der Waals surface area contributed by atoms with Crippen LogP contribution < -0.4 is 0 Å². The molecule has 0 heterocycles. The standard InChI is InChI=1S/C27H42O3/c1-17(6-13-25(29)20-8-9-20)23-11-12-24-19(5-4-14-27(23,24)3)7-10-21-15-22(28)16-26(30)18(21)2/h7,10,17,20,22-26,28-30H,2,4-6,8-9,11-16H2,1,3H3/b19-7+,21-10-/t17-,22-,23-,24+,25+,26+,27-/m1/s1. The Labute approximate surface area is 183 Å². The van der Waals surface area contributed by atoms with Crippen LogP contribution in [0.2, 0.25) is 0 Å². The molecule has 0 aromatic heterocycles. The van der Waals surface area contributed by atoms with Gasteiger partial charge in [-0.3, -0.25) is 0 Å². The number of hydrogen-bond donors (Lipinski definition) is 3. The predicted molar refractivity (Wildman–Crippen MR) is 122 cm³/mol. The summed E-state index contributed by atoms with van der Waals surface area (Å²) >= 11 is 0. The zero-order chi connectivity index (χ0) is 21.5. The zero-order valence-corrected chi connectivity index (χ0v) is 19.0. The van der Waals surface area contributed by atoms with Crippen LogP contribution in [0, 0.1) is 29.1 Å². The maximum absolute atomic E-state index is 10.3. The molecule has 0 spiro atoms. The number of hydrogen-bond acceptors (Lipinski definition) is 3. The lowest BCUT2D eigenvalue weighted by Crippen LogP contribution is -2.36. The minimum atomic E-state index is -0.613. The van der Waals surface area contributed by atoms with Crippen molar-refractivity contribution < 1.29 is 15.3 Å². The minimum Gasteiger partial charge on any atom is -0.393 e. The second kappa shape index (κ2) is 8.92. The first-order valence-electron chi connectivity index (χ1n) is 12.4. The Kier molecular flexibility index (Phi) is 6.63. The number of fused-ring (bicyclic) bond motifs is 1. The molecule has 3 heteroatoms. The highest BCUT2D eigenvalue weighted by Crippen LogP contribution is 2.60. The normalized spacial score (nSPS) is 41.8. The van der Waals surface area contributed by atoms with Crippen LogP contribution in [0.3, 0.4) is 0 Å². The molecule has 0 aromatic rings. The van der Waals surface area contributed by atoms with Crippen molar-refractivity contribution in [2.45, 2.75) is 103 Å². The highest BCUT2D eigenvalue weighted by Gasteiger charge is 2.50. The van der Waals surface area contributed by atoms with E-state index in [9.17, 15) is 15.3 Å². The summed E-state index contributed by atoms with van der Waals surface area (Å²) in [5.41, 5.74) is 3.72. The maximum Gasteiger partial charge on any atom is 0.0811 e. The van der Waals surface area contributed by atoms with Crippen molar-refractivity contribution in [3.8, 4) is 0 Å². The van der Waals surface area contributed by atoms with Crippen molar-refractivity contribution in [1.82, 2.24) is 0 Å². The van der Waals surface area contributed by atoms with Gasteiger partial charge in [0.15, 0.2) is 0 Å². The van der Waals surface area contributed by atoms with Gasteiger partial charge in [0, 0.05) is 6.42 Å². The van der Waals surface area contributed by atoms with E-state index in [0.717, 1.165) is 29.9 Å². The molecular weight excluding hydrogens is 372 g/mol. The van der Waals surface area contributed by atoms with Crippen molar-refractivity contribution >= 4 is 0 Å². The van der Waals surface area contributed by atoms with E-state index in [2.05, 4.69) is 32.6 Å². The number of aliphatic hydroxyl groups is 3. The number of allylic oxidation sites excluding steroid dienone is 3. The molecule has 0 amide bonds. The van der Waals surface area contributed by atoms with Crippen LogP contribution in [0.4, 0.5) is 0 Å². The molecule has 4 rings (SSSR count). The van der Waals surface area contributed by atoms with Gasteiger partial charge in [0.05, 0.1) is 18.3 Å². The monoisotopic (exact) mass is 414 g/mol. The van der Waals surface area contributed by atoms with Gasteiger partial charge in [0.2, 0.25) is 0 Å². The molecule has 0 radical (unpaired) electrons. The van der Waals surface area contributed by atoms with Crippen LogP contribution >= 0.6 is 0 Å². The quantitative estimate of drug-likeness (QED) is 0.552. The lowest BCUT2D eigenvalue weighted by molar-refractivity contribution is 0.0784. The van der Waals surface area contributed by atoms with Crippen molar-refractivity contribution in [3.63, 3.8) is 0 Å². The Hall–Kier alpha value is -0.900. The summed E-state index contributed by atoms with van der Waals surface area (Å²) in [5, 5.41) is 30.5. The summed E-state index contributed by atoms with van der Waals surface area (Å²) in [6.45, 7) is 9.01. The molecule has 4 fully saturated rings. The van der Waals surface area contributed by atoms with Crippen LogP contribution in [0.1, 0.15) is 84.5 Å². The van der Waals surface area contributed by atoms with E-state index in [-0.39, 0.29) is 6.10 Å². The fourth-order valence-electron chi connectivity index (χ4n) is 7.03. The number of rotatable bonds is 6. The second-order valence-electron chi connectivity index (χ2n) is 11.1. The summed E-state index contributed by atoms with van der Waals surface area (Å²) in [4.78, 5) is 0. The fraction of sp³-hybridized carbons (Fsp3) is 0.778. The second-order valence-corrected chi connectivity index (χ2v) is 11.1. The van der Waals surface area contributed by atoms with E-state index in [1.54, 1.807) is 5.57 Å². The molecule has 0 aliphatic heterocycles. The van der Waals surface area contributed by atoms with Crippen LogP contribution in [0.25, 0.3) is 0 Å². The van der Waals surface area contributed by atoms with E-state index < -0.39 is 12.2 Å². The molecule has 0 aromatic carbocycles. The summed E-state index contributed by atoms with van der Waals surface area (Å²) < 4.78 is 0. The molecule has 4 aliphatic carbocycles. The predicted octanol–water partition coefficient (Wildman–Crippen LogP) is 5.31. The van der Waals surface area contributed by atoms with Gasteiger partial charge < -0.3 is 15.3 Å². The first-order chi connectivity index (χ1) is 14.3. The molecule has 7 atom stereocenters. The van der Waals surface area contributed by atoms with Crippen molar-refractivity contribution in [3.05, 3.63) is 35.5 Å². The van der Waals surface area contributed by atoms with Gasteiger partial charge in [-0.15, -0.1) is 0 Å². The number of aliphatic hydroxyl groups excluding tert-OH is 3. The van der Waals surface area contributed by atoms with Crippen LogP contribution in [0.5, 0.6) is 0 Å². The van der Waals surface area contributed by atoms with E-state index in [0.29, 0.717) is 36.0 Å². The molecule has 3 N–H and O–H groups in total. The molecule has 3 nitrogen and oxygen atoms in total. The molecule has 168 valence electrons. The minimum absolute atomic E-state index is 0.0693.